The van der Waals surface area contributed by atoms with Crippen LogP contribution in [0.25, 0.3) is 0 Å². The molecule has 2 aromatic carbocycles. The number of fused-ring (bicyclic) bond motifs is 1. The minimum Gasteiger partial charge on any atom is -0.372 e. The molecule has 5 atom stereocenters. The van der Waals surface area contributed by atoms with E-state index in [-0.39, 0.29) is 36.1 Å². The molecule has 198 valence electrons. The molecule has 0 saturated heterocycles. The fourth-order valence-corrected chi connectivity index (χ4v) is 5.86. The van der Waals surface area contributed by atoms with E-state index in [0.29, 0.717) is 5.69 Å². The molecular formula is C28H25ClF3N3O3. The number of carbonyl (C=O) groups is 2. The summed E-state index contributed by atoms with van der Waals surface area (Å²) in [6.07, 6.45) is 0.119. The Morgan fingerprint density at radius 2 is 1.92 bits per heavy atom. The number of benzene rings is 2. The number of hydrogen-bond donors (Lipinski definition) is 2. The van der Waals surface area contributed by atoms with Crippen molar-refractivity contribution in [3.63, 3.8) is 0 Å². The van der Waals surface area contributed by atoms with E-state index < -0.39 is 52.9 Å². The molecule has 10 heteroatoms. The van der Waals surface area contributed by atoms with Gasteiger partial charge in [0.1, 0.15) is 5.82 Å². The molecule has 1 aromatic heterocycles. The van der Waals surface area contributed by atoms with Crippen molar-refractivity contribution in [2.75, 3.05) is 11.4 Å². The minimum absolute atomic E-state index is 0.0483. The highest BCUT2D eigenvalue weighted by atomic mass is 35.5. The summed E-state index contributed by atoms with van der Waals surface area (Å²) < 4.78 is 42.6. The number of alkyl halides is 3. The van der Waals surface area contributed by atoms with Crippen LogP contribution in [0, 0.1) is 17.7 Å². The third-order valence-electron chi connectivity index (χ3n) is 7.45. The van der Waals surface area contributed by atoms with Crippen LogP contribution >= 0.6 is 11.6 Å². The predicted molar refractivity (Wildman–Crippen MR) is 136 cm³/mol. The van der Waals surface area contributed by atoms with Gasteiger partial charge in [0.15, 0.2) is 5.60 Å². The van der Waals surface area contributed by atoms with Crippen LogP contribution in [0.1, 0.15) is 34.3 Å². The molecule has 1 saturated carbocycles. The number of carbonyl (C=O) groups excluding carboxylic acids is 2. The van der Waals surface area contributed by atoms with Crippen LogP contribution in [0.15, 0.2) is 73.1 Å². The van der Waals surface area contributed by atoms with Gasteiger partial charge in [-0.2, -0.15) is 0 Å². The summed E-state index contributed by atoms with van der Waals surface area (Å²) in [4.78, 5) is 31.5. The Labute approximate surface area is 222 Å². The molecule has 6 nitrogen and oxygen atoms in total. The Morgan fingerprint density at radius 1 is 1.16 bits per heavy atom. The second kappa shape index (κ2) is 10.4. The number of amides is 2. The molecule has 2 heterocycles. The first-order chi connectivity index (χ1) is 18.2. The number of rotatable bonds is 6. The summed E-state index contributed by atoms with van der Waals surface area (Å²) in [6, 6.07) is 14.1. The molecule has 5 rings (SSSR count). The standard InChI is InChI=1S/C28H25ClF3N3O3/c29-22-13-23(34-26(36)16-5-4-10-33-14-16)20(25(31)32)11-17(22)15-35-24-9-8-19(30)12-21(24)28(38,27(35)37)18-6-2-1-3-7-18/h1-10,12,14,17,20,22-23,25,38H,11,13,15H2,(H,34,36)/t17-,20-,22-,23-,28-/m1/s1. The van der Waals surface area contributed by atoms with Crippen molar-refractivity contribution in [2.45, 2.75) is 36.3 Å². The first-order valence-electron chi connectivity index (χ1n) is 12.2. The lowest BCUT2D eigenvalue weighted by atomic mass is 9.77. The van der Waals surface area contributed by atoms with E-state index in [0.717, 1.165) is 6.07 Å². The number of pyridine rings is 1. The summed E-state index contributed by atoms with van der Waals surface area (Å²) in [5, 5.41) is 13.6. The van der Waals surface area contributed by atoms with Gasteiger partial charge in [-0.25, -0.2) is 13.2 Å². The van der Waals surface area contributed by atoms with Crippen LogP contribution in [0.5, 0.6) is 0 Å². The zero-order chi connectivity index (χ0) is 27.0. The highest BCUT2D eigenvalue weighted by Crippen LogP contribution is 2.46. The number of hydrogen-bond acceptors (Lipinski definition) is 4. The second-order valence-electron chi connectivity index (χ2n) is 9.72. The molecule has 1 aliphatic heterocycles. The summed E-state index contributed by atoms with van der Waals surface area (Å²) in [7, 11) is 0. The molecule has 2 N–H and O–H groups in total. The SMILES string of the molecule is O=C(N[C@@H]1C[C@@H](Cl)[C@@H](CN2C(=O)[C@@](O)(c3ccccc3)c3cc(F)ccc32)C[C@H]1C(F)F)c1cccnc1. The van der Waals surface area contributed by atoms with E-state index >= 15 is 0 Å². The molecule has 0 spiro atoms. The van der Waals surface area contributed by atoms with E-state index in [1.165, 1.54) is 35.5 Å². The average molecular weight is 544 g/mol. The number of aromatic nitrogens is 1. The highest BCUT2D eigenvalue weighted by Gasteiger charge is 2.52. The third-order valence-corrected chi connectivity index (χ3v) is 7.98. The van der Waals surface area contributed by atoms with Crippen molar-refractivity contribution in [3.05, 3.63) is 95.6 Å². The monoisotopic (exact) mass is 543 g/mol. The molecule has 0 bridgehead atoms. The van der Waals surface area contributed by atoms with Crippen LogP contribution < -0.4 is 10.2 Å². The van der Waals surface area contributed by atoms with Gasteiger partial charge in [-0.1, -0.05) is 30.3 Å². The fraction of sp³-hybridized carbons (Fsp3) is 0.321. The lowest BCUT2D eigenvalue weighted by Gasteiger charge is -2.40. The first-order valence-corrected chi connectivity index (χ1v) is 12.7. The summed E-state index contributed by atoms with van der Waals surface area (Å²) in [5.74, 6) is -3.61. The summed E-state index contributed by atoms with van der Waals surface area (Å²) in [5.41, 5.74) is -1.22. The summed E-state index contributed by atoms with van der Waals surface area (Å²) in [6.45, 7) is -0.0483. The Kier molecular flexibility index (Phi) is 7.15. The maximum atomic E-state index is 14.2. The Hall–Kier alpha value is -3.43. The van der Waals surface area contributed by atoms with Gasteiger partial charge in [-0.05, 0) is 54.7 Å². The van der Waals surface area contributed by atoms with Gasteiger partial charge in [0.2, 0.25) is 6.43 Å². The number of anilines is 1. The Morgan fingerprint density at radius 3 is 2.61 bits per heavy atom. The maximum Gasteiger partial charge on any atom is 0.268 e. The molecule has 3 aromatic rings. The minimum atomic E-state index is -2.74. The van der Waals surface area contributed by atoms with Crippen LogP contribution in [-0.4, -0.2) is 46.3 Å². The van der Waals surface area contributed by atoms with Gasteiger partial charge >= 0.3 is 0 Å². The van der Waals surface area contributed by atoms with Gasteiger partial charge < -0.3 is 15.3 Å². The normalized spacial score (nSPS) is 26.9. The largest absolute Gasteiger partial charge is 0.372 e. The molecule has 2 aliphatic rings. The molecule has 2 amide bonds. The van der Waals surface area contributed by atoms with Gasteiger partial charge in [0.25, 0.3) is 11.8 Å². The fourth-order valence-electron chi connectivity index (χ4n) is 5.48. The van der Waals surface area contributed by atoms with E-state index in [1.54, 1.807) is 36.4 Å². The van der Waals surface area contributed by atoms with Crippen molar-refractivity contribution < 1.29 is 27.9 Å². The van der Waals surface area contributed by atoms with Crippen molar-refractivity contribution in [1.82, 2.24) is 10.3 Å². The number of halogens is 4. The first kappa shape index (κ1) is 26.2. The molecule has 0 unspecified atom stereocenters. The van der Waals surface area contributed by atoms with E-state index in [4.69, 9.17) is 11.6 Å². The maximum absolute atomic E-state index is 14.2. The lowest BCUT2D eigenvalue weighted by molar-refractivity contribution is -0.132. The van der Waals surface area contributed by atoms with Crippen molar-refractivity contribution in [3.8, 4) is 0 Å². The average Bonchev–Trinajstić information content (AvgIpc) is 3.12. The van der Waals surface area contributed by atoms with Crippen LogP contribution in [-0.2, 0) is 10.4 Å². The van der Waals surface area contributed by atoms with Crippen LogP contribution in [0.4, 0.5) is 18.9 Å². The van der Waals surface area contributed by atoms with Crippen molar-refractivity contribution in [2.24, 2.45) is 11.8 Å². The molecule has 38 heavy (non-hydrogen) atoms. The van der Waals surface area contributed by atoms with Gasteiger partial charge in [-0.15, -0.1) is 11.6 Å². The molecule has 1 fully saturated rings. The van der Waals surface area contributed by atoms with Crippen LogP contribution in [0.2, 0.25) is 0 Å². The zero-order valence-corrected chi connectivity index (χ0v) is 20.9. The van der Waals surface area contributed by atoms with Gasteiger partial charge in [0.05, 0.1) is 11.3 Å². The van der Waals surface area contributed by atoms with Gasteiger partial charge in [0, 0.05) is 41.8 Å². The van der Waals surface area contributed by atoms with Crippen molar-refractivity contribution >= 4 is 29.1 Å². The smallest absolute Gasteiger partial charge is 0.268 e. The second-order valence-corrected chi connectivity index (χ2v) is 10.3. The molecule has 1 aliphatic carbocycles. The number of aliphatic hydroxyl groups is 1. The molecular weight excluding hydrogens is 519 g/mol. The Balaban J connectivity index is 1.40. The summed E-state index contributed by atoms with van der Waals surface area (Å²) >= 11 is 6.67. The van der Waals surface area contributed by atoms with E-state index in [1.807, 2.05) is 0 Å². The number of nitrogens with zero attached hydrogens (tertiary/aromatic N) is 2. The Bertz CT molecular complexity index is 1330. The predicted octanol–water partition coefficient (Wildman–Crippen LogP) is 4.50. The van der Waals surface area contributed by atoms with Crippen LogP contribution in [0.3, 0.4) is 0 Å². The van der Waals surface area contributed by atoms with Crippen molar-refractivity contribution in [1.29, 1.82) is 0 Å². The number of nitrogens with one attached hydrogen (secondary N) is 1. The third kappa shape index (κ3) is 4.65. The highest BCUT2D eigenvalue weighted by molar-refractivity contribution is 6.21. The zero-order valence-electron chi connectivity index (χ0n) is 20.1. The topological polar surface area (TPSA) is 82.5 Å². The van der Waals surface area contributed by atoms with E-state index in [9.17, 15) is 27.9 Å². The van der Waals surface area contributed by atoms with Gasteiger partial charge in [-0.3, -0.25) is 14.6 Å². The molecule has 0 radical (unpaired) electrons. The lowest BCUT2D eigenvalue weighted by Crippen LogP contribution is -2.52. The quantitative estimate of drug-likeness (QED) is 0.449. The van der Waals surface area contributed by atoms with E-state index in [2.05, 4.69) is 10.3 Å².